The molecule has 1 aliphatic carbocycles. The Morgan fingerprint density at radius 1 is 0.900 bits per heavy atom. The normalized spacial score (nSPS) is 25.9. The summed E-state index contributed by atoms with van der Waals surface area (Å²) in [6.45, 7) is 0.289. The van der Waals surface area contributed by atoms with E-state index in [4.69, 9.17) is 28.4 Å². The average Bonchev–Trinajstić information content (AvgIpc) is 3.38. The second-order valence-corrected chi connectivity index (χ2v) is 7.54. The van der Waals surface area contributed by atoms with Gasteiger partial charge >= 0.3 is 5.97 Å². The van der Waals surface area contributed by atoms with Gasteiger partial charge in [-0.15, -0.1) is 0 Å². The summed E-state index contributed by atoms with van der Waals surface area (Å²) in [4.78, 5) is 12.7. The Hall–Kier alpha value is -3.13. The smallest absolute Gasteiger partial charge is 0.310 e. The van der Waals surface area contributed by atoms with Crippen molar-refractivity contribution in [2.45, 2.75) is 12.0 Å². The third-order valence-corrected chi connectivity index (χ3v) is 6.19. The van der Waals surface area contributed by atoms with Crippen molar-refractivity contribution in [2.75, 3.05) is 34.7 Å². The van der Waals surface area contributed by atoms with Crippen LogP contribution in [0.2, 0.25) is 0 Å². The molecule has 158 valence electrons. The van der Waals surface area contributed by atoms with Gasteiger partial charge in [-0.3, -0.25) is 4.79 Å². The molecule has 0 aromatic heterocycles. The van der Waals surface area contributed by atoms with Crippen molar-refractivity contribution in [1.82, 2.24) is 0 Å². The van der Waals surface area contributed by atoms with Crippen LogP contribution >= 0.6 is 0 Å². The number of esters is 1. The molecular weight excluding hydrogens is 392 g/mol. The molecule has 4 atom stereocenters. The number of rotatable bonds is 4. The quantitative estimate of drug-likeness (QED) is 0.763. The number of fused-ring (bicyclic) bond motifs is 3. The number of benzene rings is 2. The molecule has 0 amide bonds. The molecule has 30 heavy (non-hydrogen) atoms. The molecule has 2 aliphatic heterocycles. The lowest BCUT2D eigenvalue weighted by molar-refractivity contribution is -0.141. The van der Waals surface area contributed by atoms with Crippen molar-refractivity contribution >= 4 is 5.97 Å². The average molecular weight is 414 g/mol. The molecule has 2 heterocycles. The van der Waals surface area contributed by atoms with Crippen LogP contribution in [-0.2, 0) is 9.53 Å². The van der Waals surface area contributed by atoms with Crippen LogP contribution in [0.1, 0.15) is 28.7 Å². The van der Waals surface area contributed by atoms with Gasteiger partial charge in [0.05, 0.1) is 40.0 Å². The molecular formula is C22H22O8. The second kappa shape index (κ2) is 6.98. The van der Waals surface area contributed by atoms with E-state index >= 15 is 0 Å². The highest BCUT2D eigenvalue weighted by Gasteiger charge is 2.52. The van der Waals surface area contributed by atoms with Crippen LogP contribution in [0.3, 0.4) is 0 Å². The number of aliphatic hydroxyl groups excluding tert-OH is 1. The van der Waals surface area contributed by atoms with Gasteiger partial charge in [-0.05, 0) is 41.0 Å². The standard InChI is InChI=1S/C22H22O8/c1-25-16-4-10(5-17(26-2)21(16)27-3)18-11-6-14-15(30-9-29-14)7-12(11)20(23)13-8-28-22(24)19(13)18/h4-7,13,18-20,23H,8-9H2,1-3H3/t13-,18+,19?,20?/m0/s1. The highest BCUT2D eigenvalue weighted by Crippen LogP contribution is 2.55. The molecule has 8 nitrogen and oxygen atoms in total. The Bertz CT molecular complexity index is 991. The molecule has 2 aromatic rings. The van der Waals surface area contributed by atoms with Crippen LogP contribution in [0.5, 0.6) is 28.7 Å². The first kappa shape index (κ1) is 18.9. The topological polar surface area (TPSA) is 92.7 Å². The number of hydrogen-bond acceptors (Lipinski definition) is 8. The van der Waals surface area contributed by atoms with Crippen molar-refractivity contribution < 1.29 is 38.3 Å². The summed E-state index contributed by atoms with van der Waals surface area (Å²) in [6, 6.07) is 7.31. The van der Waals surface area contributed by atoms with E-state index in [0.29, 0.717) is 34.3 Å². The van der Waals surface area contributed by atoms with E-state index in [9.17, 15) is 9.90 Å². The summed E-state index contributed by atoms with van der Waals surface area (Å²) < 4.78 is 32.9. The van der Waals surface area contributed by atoms with Gasteiger partial charge in [-0.2, -0.15) is 0 Å². The van der Waals surface area contributed by atoms with Gasteiger partial charge in [-0.25, -0.2) is 0 Å². The molecule has 2 aromatic carbocycles. The van der Waals surface area contributed by atoms with E-state index < -0.39 is 12.0 Å². The van der Waals surface area contributed by atoms with E-state index in [1.165, 1.54) is 7.11 Å². The van der Waals surface area contributed by atoms with E-state index in [-0.39, 0.29) is 31.2 Å². The van der Waals surface area contributed by atoms with Gasteiger partial charge in [0.15, 0.2) is 23.0 Å². The number of ether oxygens (including phenoxy) is 6. The van der Waals surface area contributed by atoms with Gasteiger partial charge in [0, 0.05) is 11.8 Å². The maximum absolute atomic E-state index is 12.7. The third-order valence-electron chi connectivity index (χ3n) is 6.19. The predicted molar refractivity (Wildman–Crippen MR) is 103 cm³/mol. The first-order valence-electron chi connectivity index (χ1n) is 9.65. The summed E-state index contributed by atoms with van der Waals surface area (Å²) in [5.74, 6) is 0.989. The number of cyclic esters (lactones) is 1. The fraction of sp³-hybridized carbons (Fsp3) is 0.409. The van der Waals surface area contributed by atoms with Gasteiger partial charge in [0.2, 0.25) is 12.5 Å². The summed E-state index contributed by atoms with van der Waals surface area (Å²) in [7, 11) is 4.63. The minimum absolute atomic E-state index is 0.123. The van der Waals surface area contributed by atoms with Crippen molar-refractivity contribution in [3.63, 3.8) is 0 Å². The number of carbonyl (C=O) groups excluding carboxylic acids is 1. The van der Waals surface area contributed by atoms with E-state index in [1.807, 2.05) is 18.2 Å². The van der Waals surface area contributed by atoms with Gasteiger partial charge in [0.25, 0.3) is 0 Å². The Morgan fingerprint density at radius 2 is 1.53 bits per heavy atom. The molecule has 1 N–H and O–H groups in total. The van der Waals surface area contributed by atoms with Crippen molar-refractivity contribution in [1.29, 1.82) is 0 Å². The number of methoxy groups -OCH3 is 3. The fourth-order valence-corrected chi connectivity index (χ4v) is 4.81. The molecule has 2 unspecified atom stereocenters. The zero-order valence-corrected chi connectivity index (χ0v) is 16.8. The lowest BCUT2D eigenvalue weighted by atomic mass is 9.66. The number of aliphatic hydroxyl groups is 1. The van der Waals surface area contributed by atoms with Crippen LogP contribution in [0, 0.1) is 11.8 Å². The predicted octanol–water partition coefficient (Wildman–Crippen LogP) is 2.41. The maximum atomic E-state index is 12.7. The molecule has 1 saturated heterocycles. The third kappa shape index (κ3) is 2.60. The van der Waals surface area contributed by atoms with Crippen LogP contribution < -0.4 is 23.7 Å². The van der Waals surface area contributed by atoms with E-state index in [1.54, 1.807) is 20.3 Å². The molecule has 0 spiro atoms. The molecule has 0 radical (unpaired) electrons. The summed E-state index contributed by atoms with van der Waals surface area (Å²) in [5.41, 5.74) is 2.30. The largest absolute Gasteiger partial charge is 0.493 e. The minimum atomic E-state index is -0.843. The Kier molecular flexibility index (Phi) is 4.39. The molecule has 8 heteroatoms. The highest BCUT2D eigenvalue weighted by atomic mass is 16.7. The Morgan fingerprint density at radius 3 is 2.13 bits per heavy atom. The van der Waals surface area contributed by atoms with Crippen LogP contribution in [0.25, 0.3) is 0 Å². The Labute approximate surface area is 173 Å². The number of hydrogen-bond donors (Lipinski definition) is 1. The Balaban J connectivity index is 1.74. The lowest BCUT2D eigenvalue weighted by Crippen LogP contribution is -2.34. The van der Waals surface area contributed by atoms with Crippen molar-refractivity contribution in [2.24, 2.45) is 11.8 Å². The van der Waals surface area contributed by atoms with Crippen molar-refractivity contribution in [3.8, 4) is 28.7 Å². The van der Waals surface area contributed by atoms with Gasteiger partial charge in [0.1, 0.15) is 0 Å². The molecule has 5 rings (SSSR count). The first-order valence-corrected chi connectivity index (χ1v) is 9.65. The number of carbonyl (C=O) groups is 1. The van der Waals surface area contributed by atoms with E-state index in [2.05, 4.69) is 0 Å². The monoisotopic (exact) mass is 414 g/mol. The SMILES string of the molecule is COc1cc([C@@H]2c3cc4c(cc3C(O)[C@H]3COC(=O)C23)OCO4)cc(OC)c1OC. The maximum Gasteiger partial charge on any atom is 0.310 e. The van der Waals surface area contributed by atoms with E-state index in [0.717, 1.165) is 11.1 Å². The lowest BCUT2D eigenvalue weighted by Gasteiger charge is -2.37. The second-order valence-electron chi connectivity index (χ2n) is 7.54. The first-order chi connectivity index (χ1) is 14.6. The molecule has 0 saturated carbocycles. The molecule has 0 bridgehead atoms. The molecule has 3 aliphatic rings. The summed E-state index contributed by atoms with van der Waals surface area (Å²) in [5, 5.41) is 11.0. The van der Waals surface area contributed by atoms with Crippen LogP contribution in [-0.4, -0.2) is 45.8 Å². The van der Waals surface area contributed by atoms with Gasteiger partial charge < -0.3 is 33.5 Å². The highest BCUT2D eigenvalue weighted by molar-refractivity contribution is 5.79. The summed E-state index contributed by atoms with van der Waals surface area (Å²) in [6.07, 6.45) is -0.843. The van der Waals surface area contributed by atoms with Crippen LogP contribution in [0.15, 0.2) is 24.3 Å². The minimum Gasteiger partial charge on any atom is -0.493 e. The zero-order chi connectivity index (χ0) is 21.0. The van der Waals surface area contributed by atoms with Gasteiger partial charge in [-0.1, -0.05) is 0 Å². The zero-order valence-electron chi connectivity index (χ0n) is 16.8. The van der Waals surface area contributed by atoms with Crippen molar-refractivity contribution in [3.05, 3.63) is 41.0 Å². The summed E-state index contributed by atoms with van der Waals surface area (Å²) >= 11 is 0. The van der Waals surface area contributed by atoms with Crippen LogP contribution in [0.4, 0.5) is 0 Å². The fourth-order valence-electron chi connectivity index (χ4n) is 4.81. The molecule has 1 fully saturated rings.